The lowest BCUT2D eigenvalue weighted by Gasteiger charge is -2.13. The molecule has 0 bridgehead atoms. The molecule has 1 aromatic rings. The quantitative estimate of drug-likeness (QED) is 0.593. The first-order chi connectivity index (χ1) is 9.69. The maximum Gasteiger partial charge on any atom is 0.321 e. The molecule has 0 saturated carbocycles. The molecule has 1 aromatic heterocycles. The molecule has 0 saturated heterocycles. The van der Waals surface area contributed by atoms with Gasteiger partial charge in [-0.05, 0) is 24.5 Å². The summed E-state index contributed by atoms with van der Waals surface area (Å²) in [6.07, 6.45) is 3.16. The van der Waals surface area contributed by atoms with Crippen molar-refractivity contribution in [2.24, 2.45) is 12.8 Å². The zero-order chi connectivity index (χ0) is 16.2. The molecule has 118 valence electrons. The van der Waals surface area contributed by atoms with Crippen LogP contribution in [-0.2, 0) is 21.9 Å². The number of aryl methyl sites for hydroxylation is 1. The van der Waals surface area contributed by atoms with Crippen molar-refractivity contribution in [2.45, 2.75) is 17.4 Å². The van der Waals surface area contributed by atoms with Crippen molar-refractivity contribution in [3.63, 3.8) is 0 Å². The van der Waals surface area contributed by atoms with E-state index >= 15 is 0 Å². The van der Waals surface area contributed by atoms with Crippen molar-refractivity contribution in [1.29, 1.82) is 0 Å². The first-order valence-corrected chi connectivity index (χ1v) is 8.77. The van der Waals surface area contributed by atoms with Gasteiger partial charge in [-0.3, -0.25) is 9.59 Å². The lowest BCUT2D eigenvalue weighted by Crippen LogP contribution is -2.41. The van der Waals surface area contributed by atoms with Gasteiger partial charge < -0.3 is 15.4 Å². The first kappa shape index (κ1) is 17.5. The molecule has 0 fully saturated rings. The lowest BCUT2D eigenvalue weighted by atomic mass is 10.2. The monoisotopic (exact) mass is 335 g/mol. The van der Waals surface area contributed by atoms with Crippen molar-refractivity contribution in [3.05, 3.63) is 18.0 Å². The summed E-state index contributed by atoms with van der Waals surface area (Å²) in [4.78, 5) is 22.0. The van der Waals surface area contributed by atoms with Crippen molar-refractivity contribution < 1.29 is 23.1 Å². The van der Waals surface area contributed by atoms with Gasteiger partial charge in [-0.2, -0.15) is 16.5 Å². The van der Waals surface area contributed by atoms with Gasteiger partial charge >= 0.3 is 5.97 Å². The van der Waals surface area contributed by atoms with E-state index in [0.29, 0.717) is 5.75 Å². The fraction of sp³-hybridized carbons (Fsp3) is 0.455. The van der Waals surface area contributed by atoms with E-state index in [1.54, 1.807) is 6.26 Å². The van der Waals surface area contributed by atoms with E-state index in [1.807, 2.05) is 0 Å². The van der Waals surface area contributed by atoms with Crippen LogP contribution in [-0.4, -0.2) is 48.0 Å². The van der Waals surface area contributed by atoms with E-state index in [0.717, 1.165) is 6.07 Å². The predicted molar refractivity (Wildman–Crippen MR) is 78.7 cm³/mol. The number of primary amides is 1. The number of carboxylic acids is 1. The number of thioether (sulfide) groups is 1. The normalized spacial score (nSPS) is 13.0. The number of rotatable bonds is 8. The number of amides is 1. The molecule has 10 heteroatoms. The van der Waals surface area contributed by atoms with Crippen LogP contribution >= 0.6 is 11.8 Å². The summed E-state index contributed by atoms with van der Waals surface area (Å²) in [5.41, 5.74) is 5.13. The molecule has 1 atom stereocenters. The smallest absolute Gasteiger partial charge is 0.321 e. The number of carboxylic acid groups (broad SMARTS) is 1. The average molecular weight is 335 g/mol. The minimum absolute atomic E-state index is 0.0198. The summed E-state index contributed by atoms with van der Waals surface area (Å²) in [7, 11) is -2.57. The van der Waals surface area contributed by atoms with Gasteiger partial charge in [0.1, 0.15) is 16.6 Å². The van der Waals surface area contributed by atoms with Gasteiger partial charge in [0.25, 0.3) is 5.91 Å². The first-order valence-electron chi connectivity index (χ1n) is 5.89. The zero-order valence-corrected chi connectivity index (χ0v) is 13.2. The largest absolute Gasteiger partial charge is 0.480 e. The number of nitrogens with zero attached hydrogens (tertiary/aromatic N) is 1. The summed E-state index contributed by atoms with van der Waals surface area (Å²) in [6, 6.07) is -0.113. The third-order valence-corrected chi connectivity index (χ3v) is 4.83. The number of aliphatic carboxylic acids is 1. The maximum absolute atomic E-state index is 12.2. The van der Waals surface area contributed by atoms with Gasteiger partial charge in [0.05, 0.1) is 0 Å². The van der Waals surface area contributed by atoms with E-state index in [2.05, 4.69) is 4.72 Å². The van der Waals surface area contributed by atoms with Crippen molar-refractivity contribution >= 4 is 33.7 Å². The SMILES string of the molecule is CSCCC(NS(=O)(=O)c1cc(C(N)=O)n(C)c1)C(=O)O. The number of hydrogen-bond donors (Lipinski definition) is 3. The average Bonchev–Trinajstić information content (AvgIpc) is 2.77. The summed E-state index contributed by atoms with van der Waals surface area (Å²) >= 11 is 1.42. The summed E-state index contributed by atoms with van der Waals surface area (Å²) in [5, 5.41) is 9.04. The van der Waals surface area contributed by atoms with Gasteiger partial charge in [0, 0.05) is 13.2 Å². The fourth-order valence-electron chi connectivity index (χ4n) is 1.65. The second kappa shape index (κ2) is 6.96. The Balaban J connectivity index is 3.02. The number of carbonyl (C=O) groups is 2. The van der Waals surface area contributed by atoms with Gasteiger partial charge in [-0.15, -0.1) is 0 Å². The maximum atomic E-state index is 12.2. The Morgan fingerprint density at radius 1 is 1.52 bits per heavy atom. The molecule has 4 N–H and O–H groups in total. The van der Waals surface area contributed by atoms with Gasteiger partial charge in [-0.25, -0.2) is 8.42 Å². The lowest BCUT2D eigenvalue weighted by molar-refractivity contribution is -0.139. The van der Waals surface area contributed by atoms with Gasteiger partial charge in [-0.1, -0.05) is 0 Å². The van der Waals surface area contributed by atoms with E-state index in [1.165, 1.54) is 29.6 Å². The van der Waals surface area contributed by atoms with Crippen LogP contribution in [0.15, 0.2) is 17.2 Å². The van der Waals surface area contributed by atoms with Crippen molar-refractivity contribution in [1.82, 2.24) is 9.29 Å². The van der Waals surface area contributed by atoms with Crippen LogP contribution in [0, 0.1) is 0 Å². The fourth-order valence-corrected chi connectivity index (χ4v) is 3.41. The molecule has 1 rings (SSSR count). The van der Waals surface area contributed by atoms with Crippen LogP contribution in [0.3, 0.4) is 0 Å². The Morgan fingerprint density at radius 2 is 2.14 bits per heavy atom. The molecule has 1 heterocycles. The number of carbonyl (C=O) groups excluding carboxylic acids is 1. The van der Waals surface area contributed by atoms with Crippen LogP contribution < -0.4 is 10.5 Å². The molecule has 0 aliphatic rings. The molecular formula is C11H17N3O5S2. The minimum Gasteiger partial charge on any atom is -0.480 e. The molecule has 21 heavy (non-hydrogen) atoms. The molecule has 0 spiro atoms. The molecule has 8 nitrogen and oxygen atoms in total. The molecule has 0 aliphatic carbocycles. The Kier molecular flexibility index (Phi) is 5.81. The highest BCUT2D eigenvalue weighted by Crippen LogP contribution is 2.14. The third kappa shape index (κ3) is 4.48. The Morgan fingerprint density at radius 3 is 2.57 bits per heavy atom. The summed E-state index contributed by atoms with van der Waals surface area (Å²) in [5.74, 6) is -1.52. The molecule has 0 radical (unpaired) electrons. The highest BCUT2D eigenvalue weighted by molar-refractivity contribution is 7.98. The van der Waals surface area contributed by atoms with E-state index in [9.17, 15) is 18.0 Å². The summed E-state index contributed by atoms with van der Waals surface area (Å²) in [6.45, 7) is 0. The number of nitrogens with one attached hydrogen (secondary N) is 1. The van der Waals surface area contributed by atoms with E-state index in [4.69, 9.17) is 10.8 Å². The molecular weight excluding hydrogens is 318 g/mol. The third-order valence-electron chi connectivity index (χ3n) is 2.75. The molecule has 0 aromatic carbocycles. The van der Waals surface area contributed by atoms with Crippen LogP contribution in [0.25, 0.3) is 0 Å². The van der Waals surface area contributed by atoms with Crippen molar-refractivity contribution in [3.8, 4) is 0 Å². The highest BCUT2D eigenvalue weighted by Gasteiger charge is 2.26. The zero-order valence-electron chi connectivity index (χ0n) is 11.6. The second-order valence-corrected chi connectivity index (χ2v) is 7.03. The molecule has 1 unspecified atom stereocenters. The van der Waals surface area contributed by atoms with Crippen LogP contribution in [0.5, 0.6) is 0 Å². The number of nitrogens with two attached hydrogens (primary N) is 1. The predicted octanol–water partition coefficient (Wildman–Crippen LogP) is -0.391. The molecule has 0 aliphatic heterocycles. The van der Waals surface area contributed by atoms with E-state index < -0.39 is 27.9 Å². The Hall–Kier alpha value is -1.52. The highest BCUT2D eigenvalue weighted by atomic mass is 32.2. The van der Waals surface area contributed by atoms with Gasteiger partial charge in [0.2, 0.25) is 10.0 Å². The Labute approximate surface area is 126 Å². The van der Waals surface area contributed by atoms with Crippen LogP contribution in [0.2, 0.25) is 0 Å². The van der Waals surface area contributed by atoms with Gasteiger partial charge in [0.15, 0.2) is 0 Å². The van der Waals surface area contributed by atoms with E-state index in [-0.39, 0.29) is 17.0 Å². The number of hydrogen-bond acceptors (Lipinski definition) is 5. The van der Waals surface area contributed by atoms with Crippen molar-refractivity contribution in [2.75, 3.05) is 12.0 Å². The second-order valence-electron chi connectivity index (χ2n) is 4.33. The van der Waals surface area contributed by atoms with Crippen LogP contribution in [0.4, 0.5) is 0 Å². The minimum atomic E-state index is -4.04. The number of sulfonamides is 1. The Bertz CT molecular complexity index is 638. The summed E-state index contributed by atoms with van der Waals surface area (Å²) < 4.78 is 27.7. The van der Waals surface area contributed by atoms with Crippen LogP contribution in [0.1, 0.15) is 16.9 Å². The molecule has 1 amide bonds. The topological polar surface area (TPSA) is 131 Å². The number of aromatic nitrogens is 1. The standard InChI is InChI=1S/C11H17N3O5S2/c1-14-6-7(5-9(14)10(12)15)21(18,19)13-8(11(16)17)3-4-20-2/h5-6,8,13H,3-4H2,1-2H3,(H2,12,15)(H,16,17).